The molecule has 2 N–H and O–H groups in total. The molecule has 4 heteroatoms. The van der Waals surface area contributed by atoms with Gasteiger partial charge in [-0.1, -0.05) is 30.3 Å². The Morgan fingerprint density at radius 3 is 2.67 bits per heavy atom. The predicted molar refractivity (Wildman–Crippen MR) is 71.4 cm³/mol. The zero-order valence-corrected chi connectivity index (χ0v) is 10.2. The van der Waals surface area contributed by atoms with Gasteiger partial charge in [0.25, 0.3) is 5.91 Å². The number of amides is 1. The van der Waals surface area contributed by atoms with Gasteiger partial charge in [0.05, 0.1) is 5.56 Å². The first-order valence-electron chi connectivity index (χ1n) is 5.76. The van der Waals surface area contributed by atoms with Gasteiger partial charge in [-0.25, -0.2) is 4.98 Å². The van der Waals surface area contributed by atoms with E-state index in [2.05, 4.69) is 15.6 Å². The summed E-state index contributed by atoms with van der Waals surface area (Å²) < 4.78 is 0. The number of aromatic nitrogens is 1. The van der Waals surface area contributed by atoms with Crippen LogP contribution in [0.4, 0.5) is 5.82 Å². The first-order valence-corrected chi connectivity index (χ1v) is 5.76. The lowest BCUT2D eigenvalue weighted by molar-refractivity contribution is 0.0963. The molecule has 0 unspecified atom stereocenters. The van der Waals surface area contributed by atoms with Crippen LogP contribution in [0.25, 0.3) is 0 Å². The van der Waals surface area contributed by atoms with Gasteiger partial charge >= 0.3 is 0 Å². The number of hydrogen-bond donors (Lipinski definition) is 2. The van der Waals surface area contributed by atoms with Gasteiger partial charge in [0, 0.05) is 19.8 Å². The maximum absolute atomic E-state index is 11.7. The highest BCUT2D eigenvalue weighted by Gasteiger charge is 2.09. The summed E-state index contributed by atoms with van der Waals surface area (Å²) in [4.78, 5) is 15.8. The van der Waals surface area contributed by atoms with Gasteiger partial charge in [0.2, 0.25) is 0 Å². The number of anilines is 1. The second-order valence-electron chi connectivity index (χ2n) is 3.82. The normalized spacial score (nSPS) is 9.83. The third-order valence-electron chi connectivity index (χ3n) is 2.58. The maximum Gasteiger partial charge on any atom is 0.254 e. The first-order chi connectivity index (χ1) is 8.81. The first kappa shape index (κ1) is 12.1. The third kappa shape index (κ3) is 2.85. The lowest BCUT2D eigenvalue weighted by Crippen LogP contribution is -2.20. The molecule has 2 aromatic rings. The number of carbonyl (C=O) groups excluding carboxylic acids is 1. The lowest BCUT2D eigenvalue weighted by atomic mass is 10.2. The summed E-state index contributed by atoms with van der Waals surface area (Å²) in [5, 5.41) is 5.77. The van der Waals surface area contributed by atoms with E-state index in [4.69, 9.17) is 0 Å². The van der Waals surface area contributed by atoms with Crippen molar-refractivity contribution in [2.24, 2.45) is 0 Å². The molecule has 0 saturated heterocycles. The van der Waals surface area contributed by atoms with Crippen LogP contribution in [0, 0.1) is 0 Å². The van der Waals surface area contributed by atoms with Gasteiger partial charge in [0.15, 0.2) is 0 Å². The molecule has 18 heavy (non-hydrogen) atoms. The minimum absolute atomic E-state index is 0.140. The van der Waals surface area contributed by atoms with Gasteiger partial charge in [-0.15, -0.1) is 0 Å². The molecule has 1 heterocycles. The van der Waals surface area contributed by atoms with Crippen LogP contribution in [0.3, 0.4) is 0 Å². The molecule has 0 spiro atoms. The minimum atomic E-state index is -0.140. The van der Waals surface area contributed by atoms with Gasteiger partial charge in [-0.05, 0) is 17.7 Å². The summed E-state index contributed by atoms with van der Waals surface area (Å²) in [7, 11) is 1.61. The Bertz CT molecular complexity index is 526. The van der Waals surface area contributed by atoms with E-state index in [9.17, 15) is 4.79 Å². The van der Waals surface area contributed by atoms with Crippen molar-refractivity contribution in [1.82, 2.24) is 10.3 Å². The van der Waals surface area contributed by atoms with Crippen LogP contribution in [0.1, 0.15) is 15.9 Å². The molecule has 0 radical (unpaired) electrons. The molecule has 1 aromatic carbocycles. The van der Waals surface area contributed by atoms with E-state index in [1.165, 1.54) is 0 Å². The van der Waals surface area contributed by atoms with Crippen molar-refractivity contribution in [2.75, 3.05) is 12.4 Å². The molecule has 0 fully saturated rings. The molecule has 1 aromatic heterocycles. The fourth-order valence-corrected chi connectivity index (χ4v) is 1.65. The standard InChI is InChI=1S/C14H15N3O/c1-15-14(18)12-8-5-9-16-13(12)17-10-11-6-3-2-4-7-11/h2-9H,10H2,1H3,(H,15,18)(H,16,17). The Hall–Kier alpha value is -2.36. The quantitative estimate of drug-likeness (QED) is 0.861. The second kappa shape index (κ2) is 5.82. The van der Waals surface area contributed by atoms with Gasteiger partial charge in [0.1, 0.15) is 5.82 Å². The number of rotatable bonds is 4. The van der Waals surface area contributed by atoms with Crippen molar-refractivity contribution in [3.05, 3.63) is 59.8 Å². The van der Waals surface area contributed by atoms with E-state index < -0.39 is 0 Å². The molecule has 2 rings (SSSR count). The van der Waals surface area contributed by atoms with E-state index in [1.54, 1.807) is 25.4 Å². The number of carbonyl (C=O) groups is 1. The Morgan fingerprint density at radius 1 is 1.17 bits per heavy atom. The summed E-state index contributed by atoms with van der Waals surface area (Å²) >= 11 is 0. The highest BCUT2D eigenvalue weighted by atomic mass is 16.1. The summed E-state index contributed by atoms with van der Waals surface area (Å²) in [6.45, 7) is 0.641. The molecule has 4 nitrogen and oxygen atoms in total. The SMILES string of the molecule is CNC(=O)c1cccnc1NCc1ccccc1. The number of hydrogen-bond acceptors (Lipinski definition) is 3. The van der Waals surface area contributed by atoms with Crippen LogP contribution in [0.15, 0.2) is 48.7 Å². The van der Waals surface area contributed by atoms with Gasteiger partial charge < -0.3 is 10.6 Å². The van der Waals surface area contributed by atoms with Crippen molar-refractivity contribution in [3.63, 3.8) is 0 Å². The Morgan fingerprint density at radius 2 is 1.94 bits per heavy atom. The number of benzene rings is 1. The fourth-order valence-electron chi connectivity index (χ4n) is 1.65. The molecule has 1 amide bonds. The molecule has 0 bridgehead atoms. The molecule has 0 aliphatic carbocycles. The molecule has 0 aliphatic heterocycles. The fraction of sp³-hybridized carbons (Fsp3) is 0.143. The summed E-state index contributed by atoms with van der Waals surface area (Å²) in [6, 6.07) is 13.5. The van der Waals surface area contributed by atoms with Crippen molar-refractivity contribution >= 4 is 11.7 Å². The van der Waals surface area contributed by atoms with Crippen LogP contribution in [0.5, 0.6) is 0 Å². The minimum Gasteiger partial charge on any atom is -0.365 e. The number of nitrogens with zero attached hydrogens (tertiary/aromatic N) is 1. The van der Waals surface area contributed by atoms with E-state index in [0.717, 1.165) is 5.56 Å². The molecule has 0 atom stereocenters. The number of nitrogens with one attached hydrogen (secondary N) is 2. The van der Waals surface area contributed by atoms with Gasteiger partial charge in [-0.3, -0.25) is 4.79 Å². The smallest absolute Gasteiger partial charge is 0.254 e. The molecule has 92 valence electrons. The second-order valence-corrected chi connectivity index (χ2v) is 3.82. The Kier molecular flexibility index (Phi) is 3.91. The summed E-state index contributed by atoms with van der Waals surface area (Å²) in [5.74, 6) is 0.458. The van der Waals surface area contributed by atoms with Crippen LogP contribution < -0.4 is 10.6 Å². The number of pyridine rings is 1. The van der Waals surface area contributed by atoms with Crippen LogP contribution in [-0.4, -0.2) is 17.9 Å². The average Bonchev–Trinajstić information content (AvgIpc) is 2.45. The highest BCUT2D eigenvalue weighted by molar-refractivity contribution is 5.98. The molecular formula is C14H15N3O. The zero-order valence-electron chi connectivity index (χ0n) is 10.2. The van der Waals surface area contributed by atoms with Crippen LogP contribution >= 0.6 is 0 Å². The summed E-state index contributed by atoms with van der Waals surface area (Å²) in [6.07, 6.45) is 1.67. The van der Waals surface area contributed by atoms with Crippen molar-refractivity contribution in [1.29, 1.82) is 0 Å². The van der Waals surface area contributed by atoms with E-state index >= 15 is 0 Å². The predicted octanol–water partition coefficient (Wildman–Crippen LogP) is 2.05. The van der Waals surface area contributed by atoms with Crippen LogP contribution in [-0.2, 0) is 6.54 Å². The summed E-state index contributed by atoms with van der Waals surface area (Å²) in [5.41, 5.74) is 1.70. The zero-order chi connectivity index (χ0) is 12.8. The van der Waals surface area contributed by atoms with Gasteiger partial charge in [-0.2, -0.15) is 0 Å². The Labute approximate surface area is 106 Å². The Balaban J connectivity index is 2.12. The van der Waals surface area contributed by atoms with Crippen molar-refractivity contribution in [2.45, 2.75) is 6.54 Å². The largest absolute Gasteiger partial charge is 0.365 e. The lowest BCUT2D eigenvalue weighted by Gasteiger charge is -2.09. The molecular weight excluding hydrogens is 226 g/mol. The molecule has 0 aliphatic rings. The topological polar surface area (TPSA) is 54.0 Å². The third-order valence-corrected chi connectivity index (χ3v) is 2.58. The van der Waals surface area contributed by atoms with Crippen molar-refractivity contribution < 1.29 is 4.79 Å². The maximum atomic E-state index is 11.7. The monoisotopic (exact) mass is 241 g/mol. The molecule has 0 saturated carbocycles. The van der Waals surface area contributed by atoms with Crippen molar-refractivity contribution in [3.8, 4) is 0 Å². The van der Waals surface area contributed by atoms with Crippen LogP contribution in [0.2, 0.25) is 0 Å². The highest BCUT2D eigenvalue weighted by Crippen LogP contribution is 2.12. The van der Waals surface area contributed by atoms with E-state index in [0.29, 0.717) is 17.9 Å². The van der Waals surface area contributed by atoms with E-state index in [-0.39, 0.29) is 5.91 Å². The average molecular weight is 241 g/mol. The van der Waals surface area contributed by atoms with E-state index in [1.807, 2.05) is 30.3 Å².